The highest BCUT2D eigenvalue weighted by Gasteiger charge is 2.57. The molecule has 2 amide bonds. The van der Waals surface area contributed by atoms with Crippen LogP contribution in [0.3, 0.4) is 0 Å². The average molecular weight is 830 g/mol. The molecule has 17 heteroatoms. The van der Waals surface area contributed by atoms with Gasteiger partial charge in [0.2, 0.25) is 5.60 Å². The molecule has 0 unspecified atom stereocenters. The number of aliphatic carboxylic acids is 1. The summed E-state index contributed by atoms with van der Waals surface area (Å²) in [5.41, 5.74) is -5.63. The van der Waals surface area contributed by atoms with Crippen molar-refractivity contribution < 1.29 is 60.4 Å². The quantitative estimate of drug-likeness (QED) is 0.155. The van der Waals surface area contributed by atoms with E-state index < -0.39 is 68.8 Å². The first-order chi connectivity index (χ1) is 26.6. The van der Waals surface area contributed by atoms with Crippen molar-refractivity contribution in [2.75, 3.05) is 39.8 Å². The number of hydrogen-bond acceptors (Lipinski definition) is 8. The SMILES string of the molecule is CCC[C@H]1N(C(=O)C2=CN(C)CC=C2C(F)(F)F)CCC[C@@]1(Oc1csc(C(F)(F)F)c1)C(=O)N1CCC(O)(c2ccccc2OCCCC(C)(C)C(=O)O)CC1. The summed E-state index contributed by atoms with van der Waals surface area (Å²) in [5, 5.41) is 22.5. The van der Waals surface area contributed by atoms with Gasteiger partial charge in [0, 0.05) is 62.9 Å². The molecule has 3 aliphatic rings. The number of para-hydroxylation sites is 1. The Morgan fingerprint density at radius 3 is 2.30 bits per heavy atom. The zero-order chi connectivity index (χ0) is 42.0. The summed E-state index contributed by atoms with van der Waals surface area (Å²) < 4.78 is 96.3. The fourth-order valence-corrected chi connectivity index (χ4v) is 8.49. The Kier molecular flexibility index (Phi) is 13.0. The fraction of sp³-hybridized carbons (Fsp3) is 0.575. The van der Waals surface area contributed by atoms with Gasteiger partial charge in [-0.3, -0.25) is 14.4 Å². The minimum atomic E-state index is -4.85. The Hall–Kier alpha value is -4.25. The van der Waals surface area contributed by atoms with Crippen molar-refractivity contribution in [1.82, 2.24) is 14.7 Å². The molecule has 2 aromatic rings. The number of carboxylic acid groups (broad SMARTS) is 1. The second-order valence-corrected chi connectivity index (χ2v) is 16.5. The van der Waals surface area contributed by atoms with Gasteiger partial charge >= 0.3 is 18.3 Å². The molecular formula is C40H49F6N3O7S. The first kappa shape index (κ1) is 43.9. The summed E-state index contributed by atoms with van der Waals surface area (Å²) in [6.45, 7) is 5.05. The molecular weight excluding hydrogens is 781 g/mol. The Labute approximate surface area is 331 Å². The topological polar surface area (TPSA) is 120 Å². The number of benzene rings is 1. The van der Waals surface area contributed by atoms with Crippen LogP contribution in [-0.2, 0) is 26.2 Å². The summed E-state index contributed by atoms with van der Waals surface area (Å²) in [6, 6.07) is 6.47. The number of aliphatic hydroxyl groups is 1. The van der Waals surface area contributed by atoms with Crippen molar-refractivity contribution in [2.24, 2.45) is 5.41 Å². The van der Waals surface area contributed by atoms with Crippen LogP contribution in [0.15, 0.2) is 59.1 Å². The third kappa shape index (κ3) is 9.56. The molecule has 0 bridgehead atoms. The molecule has 2 saturated heterocycles. The van der Waals surface area contributed by atoms with Crippen LogP contribution in [0.5, 0.6) is 11.5 Å². The lowest BCUT2D eigenvalue weighted by Gasteiger charge is -2.51. The molecule has 2 N–H and O–H groups in total. The van der Waals surface area contributed by atoms with E-state index in [1.807, 2.05) is 0 Å². The molecule has 0 saturated carbocycles. The van der Waals surface area contributed by atoms with Crippen molar-refractivity contribution in [1.29, 1.82) is 0 Å². The van der Waals surface area contributed by atoms with Crippen molar-refractivity contribution in [3.05, 3.63) is 69.6 Å². The number of amides is 2. The maximum Gasteiger partial charge on any atom is 0.425 e. The number of thiophene rings is 1. The fourth-order valence-electron chi connectivity index (χ4n) is 7.81. The maximum absolute atomic E-state index is 15.0. The Bertz CT molecular complexity index is 1850. The normalized spacial score (nSPS) is 21.8. The second-order valence-electron chi connectivity index (χ2n) is 15.6. The Morgan fingerprint density at radius 2 is 1.68 bits per heavy atom. The summed E-state index contributed by atoms with van der Waals surface area (Å²) in [5.74, 6) is -2.41. The Morgan fingerprint density at radius 1 is 1.00 bits per heavy atom. The standard InChI is InChI=1S/C40H49F6N3O7S/c1-5-10-31-38(56-26-23-32(57-25-26)40(44,45)46,15-8-18-49(31)33(50)27-24-47(4)19-13-28(27)39(41,42)43)34(51)48-20-16-37(54,17-21-48)29-11-6-7-12-30(29)55-22-9-14-36(2,3)35(52)53/h6-7,11-13,23-25,31,54H,5,8-10,14-22H2,1-4H3,(H,52,53)/t31-,38+/m1/s1. The van der Waals surface area contributed by atoms with E-state index >= 15 is 0 Å². The lowest BCUT2D eigenvalue weighted by atomic mass is 9.78. The van der Waals surface area contributed by atoms with E-state index in [9.17, 15) is 50.9 Å². The number of ether oxygens (including phenoxy) is 2. The number of likely N-dealkylation sites (N-methyl/N-ethyl adjacent to an activating group) is 1. The van der Waals surface area contributed by atoms with Gasteiger partial charge in [0.25, 0.3) is 11.8 Å². The molecule has 1 aromatic heterocycles. The zero-order valence-corrected chi connectivity index (χ0v) is 33.2. The highest BCUT2D eigenvalue weighted by molar-refractivity contribution is 7.10. The third-order valence-electron chi connectivity index (χ3n) is 11.0. The number of halogens is 6. The number of hydrogen-bond donors (Lipinski definition) is 2. The van der Waals surface area contributed by atoms with Crippen LogP contribution >= 0.6 is 11.3 Å². The van der Waals surface area contributed by atoms with Crippen molar-refractivity contribution in [2.45, 2.75) is 102 Å². The minimum absolute atomic E-state index is 0.0180. The summed E-state index contributed by atoms with van der Waals surface area (Å²) in [6.07, 6.45) is -6.15. The predicted molar refractivity (Wildman–Crippen MR) is 199 cm³/mol. The van der Waals surface area contributed by atoms with Crippen LogP contribution in [0.2, 0.25) is 0 Å². The van der Waals surface area contributed by atoms with Gasteiger partial charge in [0.15, 0.2) is 0 Å². The van der Waals surface area contributed by atoms with Crippen LogP contribution in [0, 0.1) is 5.41 Å². The van der Waals surface area contributed by atoms with Gasteiger partial charge in [-0.2, -0.15) is 26.3 Å². The number of piperidine rings is 2. The number of alkyl halides is 6. The summed E-state index contributed by atoms with van der Waals surface area (Å²) >= 11 is 0.373. The summed E-state index contributed by atoms with van der Waals surface area (Å²) in [7, 11) is 1.52. The smallest absolute Gasteiger partial charge is 0.425 e. The number of carboxylic acids is 1. The molecule has 2 fully saturated rings. The molecule has 0 spiro atoms. The first-order valence-corrected chi connectivity index (χ1v) is 19.8. The molecule has 0 radical (unpaired) electrons. The van der Waals surface area contributed by atoms with Gasteiger partial charge in [-0.1, -0.05) is 37.6 Å². The van der Waals surface area contributed by atoms with E-state index in [0.717, 1.165) is 23.7 Å². The van der Waals surface area contributed by atoms with E-state index in [2.05, 4.69) is 0 Å². The molecule has 4 heterocycles. The molecule has 57 heavy (non-hydrogen) atoms. The van der Waals surface area contributed by atoms with Crippen LogP contribution in [-0.4, -0.2) is 100 Å². The molecule has 1 aromatic carbocycles. The van der Waals surface area contributed by atoms with Gasteiger partial charge in [0.05, 0.1) is 34.8 Å². The summed E-state index contributed by atoms with van der Waals surface area (Å²) in [4.78, 5) is 43.9. The molecule has 3 aliphatic heterocycles. The molecule has 314 valence electrons. The average Bonchev–Trinajstić information content (AvgIpc) is 3.63. The van der Waals surface area contributed by atoms with Gasteiger partial charge < -0.3 is 34.4 Å². The second kappa shape index (κ2) is 16.9. The third-order valence-corrected chi connectivity index (χ3v) is 12.0. The number of carbonyl (C=O) groups excluding carboxylic acids is 2. The van der Waals surface area contributed by atoms with Gasteiger partial charge in [-0.25, -0.2) is 0 Å². The number of nitrogens with zero attached hydrogens (tertiary/aromatic N) is 3. The number of rotatable bonds is 13. The van der Waals surface area contributed by atoms with Gasteiger partial charge in [0.1, 0.15) is 16.4 Å². The highest BCUT2D eigenvalue weighted by atomic mass is 32.1. The minimum Gasteiger partial charge on any atom is -0.493 e. The van der Waals surface area contributed by atoms with Crippen molar-refractivity contribution in [3.8, 4) is 11.5 Å². The maximum atomic E-state index is 15.0. The monoisotopic (exact) mass is 829 g/mol. The number of likely N-dealkylation sites (tertiary alicyclic amines) is 2. The molecule has 5 rings (SSSR count). The predicted octanol–water partition coefficient (Wildman–Crippen LogP) is 7.77. The lowest BCUT2D eigenvalue weighted by Crippen LogP contribution is -2.69. The molecule has 2 atom stereocenters. The lowest BCUT2D eigenvalue weighted by molar-refractivity contribution is -0.168. The molecule has 10 nitrogen and oxygen atoms in total. The van der Waals surface area contributed by atoms with Crippen LogP contribution < -0.4 is 9.47 Å². The van der Waals surface area contributed by atoms with Crippen LogP contribution in [0.25, 0.3) is 0 Å². The molecule has 0 aliphatic carbocycles. The van der Waals surface area contributed by atoms with Crippen LogP contribution in [0.4, 0.5) is 26.3 Å². The van der Waals surface area contributed by atoms with Crippen molar-refractivity contribution >= 4 is 29.1 Å². The van der Waals surface area contributed by atoms with Crippen molar-refractivity contribution in [3.63, 3.8) is 0 Å². The highest BCUT2D eigenvalue weighted by Crippen LogP contribution is 2.45. The van der Waals surface area contributed by atoms with Gasteiger partial charge in [-0.05, 0) is 58.4 Å². The first-order valence-electron chi connectivity index (χ1n) is 19.0. The number of carbonyl (C=O) groups is 3. The van der Waals surface area contributed by atoms with E-state index in [4.69, 9.17) is 9.47 Å². The zero-order valence-electron chi connectivity index (χ0n) is 32.3. The van der Waals surface area contributed by atoms with E-state index in [1.165, 1.54) is 21.7 Å². The van der Waals surface area contributed by atoms with Crippen LogP contribution in [0.1, 0.15) is 82.6 Å². The Balaban J connectivity index is 1.44. The van der Waals surface area contributed by atoms with Gasteiger partial charge in [-0.15, -0.1) is 11.3 Å². The van der Waals surface area contributed by atoms with E-state index in [1.54, 1.807) is 45.0 Å². The largest absolute Gasteiger partial charge is 0.493 e. The van der Waals surface area contributed by atoms with E-state index in [0.29, 0.717) is 41.9 Å². The van der Waals surface area contributed by atoms with E-state index in [-0.39, 0.29) is 70.6 Å².